The molecule has 0 radical (unpaired) electrons. The molecule has 0 N–H and O–H groups in total. The maximum absolute atomic E-state index is 5.65. The lowest BCUT2D eigenvalue weighted by Gasteiger charge is -1.95. The molecule has 1 nitrogen and oxygen atoms in total. The van der Waals surface area contributed by atoms with Gasteiger partial charge in [-0.1, -0.05) is 33.6 Å². The molecule has 10 heavy (non-hydrogen) atoms. The molecule has 0 aliphatic rings. The van der Waals surface area contributed by atoms with E-state index >= 15 is 0 Å². The average Bonchev–Trinajstić information content (AvgIpc) is 1.88. The van der Waals surface area contributed by atoms with Crippen molar-refractivity contribution in [2.45, 2.75) is 6.42 Å². The van der Waals surface area contributed by atoms with Crippen LogP contribution in [0.15, 0.2) is 18.2 Å². The van der Waals surface area contributed by atoms with Crippen LogP contribution in [0.1, 0.15) is 5.69 Å². The van der Waals surface area contributed by atoms with Crippen molar-refractivity contribution in [3.8, 4) is 0 Å². The Morgan fingerprint density at radius 1 is 1.50 bits per heavy atom. The fourth-order valence-corrected chi connectivity index (χ4v) is 1.27. The van der Waals surface area contributed by atoms with Crippen molar-refractivity contribution in [2.24, 2.45) is 0 Å². The predicted molar refractivity (Wildman–Crippen MR) is 46.7 cm³/mol. The number of halogens is 2. The minimum atomic E-state index is 0.568. The van der Waals surface area contributed by atoms with E-state index in [1.165, 1.54) is 0 Å². The molecule has 0 bridgehead atoms. The third kappa shape index (κ3) is 2.27. The van der Waals surface area contributed by atoms with Crippen molar-refractivity contribution in [1.82, 2.24) is 4.98 Å². The SMILES string of the molecule is Clc1cccc(CCBr)n1. The highest BCUT2D eigenvalue weighted by atomic mass is 79.9. The summed E-state index contributed by atoms with van der Waals surface area (Å²) in [4.78, 5) is 4.10. The minimum absolute atomic E-state index is 0.568. The molecule has 54 valence electrons. The van der Waals surface area contributed by atoms with Gasteiger partial charge in [0.05, 0.1) is 0 Å². The van der Waals surface area contributed by atoms with Crippen LogP contribution in [0, 0.1) is 0 Å². The van der Waals surface area contributed by atoms with Crippen LogP contribution < -0.4 is 0 Å². The largest absolute Gasteiger partial charge is 0.241 e. The molecule has 0 unspecified atom stereocenters. The second kappa shape index (κ2) is 3.94. The first-order chi connectivity index (χ1) is 4.83. The molecule has 0 spiro atoms. The van der Waals surface area contributed by atoms with E-state index in [4.69, 9.17) is 11.6 Å². The van der Waals surface area contributed by atoms with Crippen LogP contribution in [0.3, 0.4) is 0 Å². The highest BCUT2D eigenvalue weighted by Crippen LogP contribution is 2.05. The summed E-state index contributed by atoms with van der Waals surface area (Å²) in [5.74, 6) is 0. The Labute approximate surface area is 73.6 Å². The molecule has 3 heteroatoms. The van der Waals surface area contributed by atoms with Crippen LogP contribution in [0.2, 0.25) is 5.15 Å². The molecule has 1 aromatic heterocycles. The molecule has 1 rings (SSSR count). The molecular formula is C7H7BrClN. The van der Waals surface area contributed by atoms with Gasteiger partial charge in [0.25, 0.3) is 0 Å². The highest BCUT2D eigenvalue weighted by molar-refractivity contribution is 9.09. The number of hydrogen-bond donors (Lipinski definition) is 0. The molecule has 0 amide bonds. The van der Waals surface area contributed by atoms with Crippen LogP contribution in [0.4, 0.5) is 0 Å². The molecule has 1 aromatic rings. The number of rotatable bonds is 2. The zero-order valence-electron chi connectivity index (χ0n) is 5.35. The van der Waals surface area contributed by atoms with Gasteiger partial charge in [-0.05, 0) is 18.6 Å². The number of aryl methyl sites for hydroxylation is 1. The number of nitrogens with zero attached hydrogens (tertiary/aromatic N) is 1. The van der Waals surface area contributed by atoms with E-state index in [0.29, 0.717) is 5.15 Å². The first-order valence-corrected chi connectivity index (χ1v) is 4.50. The first kappa shape index (κ1) is 8.02. The van der Waals surface area contributed by atoms with Crippen molar-refractivity contribution < 1.29 is 0 Å². The van der Waals surface area contributed by atoms with E-state index in [1.807, 2.05) is 12.1 Å². The number of aromatic nitrogens is 1. The Balaban J connectivity index is 2.75. The molecule has 0 aliphatic heterocycles. The second-order valence-electron chi connectivity index (χ2n) is 1.89. The van der Waals surface area contributed by atoms with Gasteiger partial charge in [0, 0.05) is 11.0 Å². The van der Waals surface area contributed by atoms with Gasteiger partial charge in [0.1, 0.15) is 5.15 Å². The zero-order valence-corrected chi connectivity index (χ0v) is 7.69. The van der Waals surface area contributed by atoms with E-state index in [9.17, 15) is 0 Å². The molecule has 1 heterocycles. The predicted octanol–water partition coefficient (Wildman–Crippen LogP) is 2.67. The Morgan fingerprint density at radius 3 is 2.90 bits per heavy atom. The van der Waals surface area contributed by atoms with Gasteiger partial charge in [0.2, 0.25) is 0 Å². The average molecular weight is 220 g/mol. The van der Waals surface area contributed by atoms with Crippen LogP contribution >= 0.6 is 27.5 Å². The van der Waals surface area contributed by atoms with Crippen molar-refractivity contribution in [1.29, 1.82) is 0 Å². The van der Waals surface area contributed by atoms with Gasteiger partial charge in [-0.15, -0.1) is 0 Å². The summed E-state index contributed by atoms with van der Waals surface area (Å²) < 4.78 is 0. The summed E-state index contributed by atoms with van der Waals surface area (Å²) in [6.07, 6.45) is 0.931. The van der Waals surface area contributed by atoms with Crippen LogP contribution in [0.5, 0.6) is 0 Å². The minimum Gasteiger partial charge on any atom is -0.241 e. The smallest absolute Gasteiger partial charge is 0.129 e. The topological polar surface area (TPSA) is 12.9 Å². The standard InChI is InChI=1S/C7H7BrClN/c8-5-4-6-2-1-3-7(9)10-6/h1-3H,4-5H2. The van der Waals surface area contributed by atoms with E-state index < -0.39 is 0 Å². The molecule has 0 saturated carbocycles. The summed E-state index contributed by atoms with van der Waals surface area (Å²) in [5.41, 5.74) is 1.03. The Morgan fingerprint density at radius 2 is 2.30 bits per heavy atom. The van der Waals surface area contributed by atoms with E-state index in [2.05, 4.69) is 20.9 Å². The van der Waals surface area contributed by atoms with Gasteiger partial charge in [-0.2, -0.15) is 0 Å². The summed E-state index contributed by atoms with van der Waals surface area (Å²) in [6.45, 7) is 0. The first-order valence-electron chi connectivity index (χ1n) is 3.00. The van der Waals surface area contributed by atoms with Crippen molar-refractivity contribution in [3.63, 3.8) is 0 Å². The lowest BCUT2D eigenvalue weighted by atomic mass is 10.3. The lowest BCUT2D eigenvalue weighted by molar-refractivity contribution is 1.05. The van der Waals surface area contributed by atoms with E-state index in [0.717, 1.165) is 17.4 Å². The van der Waals surface area contributed by atoms with Gasteiger partial charge in [-0.25, -0.2) is 4.98 Å². The Kier molecular flexibility index (Phi) is 3.16. The fraction of sp³-hybridized carbons (Fsp3) is 0.286. The molecule has 0 atom stereocenters. The number of pyridine rings is 1. The summed E-state index contributed by atoms with van der Waals surface area (Å²) in [7, 11) is 0. The maximum Gasteiger partial charge on any atom is 0.129 e. The molecule has 0 aromatic carbocycles. The Hall–Kier alpha value is -0.0800. The molecule has 0 fully saturated rings. The van der Waals surface area contributed by atoms with Crippen LogP contribution in [0.25, 0.3) is 0 Å². The van der Waals surface area contributed by atoms with Crippen molar-refractivity contribution >= 4 is 27.5 Å². The van der Waals surface area contributed by atoms with Crippen molar-refractivity contribution in [3.05, 3.63) is 29.0 Å². The molecular weight excluding hydrogens is 213 g/mol. The number of hydrogen-bond acceptors (Lipinski definition) is 1. The summed E-state index contributed by atoms with van der Waals surface area (Å²) >= 11 is 8.98. The molecule has 0 aliphatic carbocycles. The Bertz CT molecular complexity index is 215. The monoisotopic (exact) mass is 219 g/mol. The summed E-state index contributed by atoms with van der Waals surface area (Å²) in [5, 5.41) is 1.50. The third-order valence-corrected chi connectivity index (χ3v) is 1.73. The van der Waals surface area contributed by atoms with Gasteiger partial charge in [0.15, 0.2) is 0 Å². The van der Waals surface area contributed by atoms with Gasteiger partial charge < -0.3 is 0 Å². The van der Waals surface area contributed by atoms with E-state index in [1.54, 1.807) is 6.07 Å². The fourth-order valence-electron chi connectivity index (χ4n) is 0.686. The molecule has 0 saturated heterocycles. The second-order valence-corrected chi connectivity index (χ2v) is 3.07. The van der Waals surface area contributed by atoms with Gasteiger partial charge >= 0.3 is 0 Å². The number of alkyl halides is 1. The van der Waals surface area contributed by atoms with Gasteiger partial charge in [-0.3, -0.25) is 0 Å². The highest BCUT2D eigenvalue weighted by Gasteiger charge is 1.92. The zero-order chi connectivity index (χ0) is 7.40. The van der Waals surface area contributed by atoms with Crippen LogP contribution in [-0.2, 0) is 6.42 Å². The lowest BCUT2D eigenvalue weighted by Crippen LogP contribution is -1.89. The van der Waals surface area contributed by atoms with Crippen molar-refractivity contribution in [2.75, 3.05) is 5.33 Å². The summed E-state index contributed by atoms with van der Waals surface area (Å²) in [6, 6.07) is 5.65. The van der Waals surface area contributed by atoms with E-state index in [-0.39, 0.29) is 0 Å². The normalized spacial score (nSPS) is 9.80. The maximum atomic E-state index is 5.65. The quantitative estimate of drug-likeness (QED) is 0.552. The van der Waals surface area contributed by atoms with Crippen LogP contribution in [-0.4, -0.2) is 10.3 Å². The third-order valence-electron chi connectivity index (χ3n) is 1.12.